The van der Waals surface area contributed by atoms with Crippen LogP contribution in [-0.4, -0.2) is 37.2 Å². The summed E-state index contributed by atoms with van der Waals surface area (Å²) in [5.74, 6) is 2.95. The average molecular weight is 381 g/mol. The third kappa shape index (κ3) is 5.11. The van der Waals surface area contributed by atoms with Gasteiger partial charge in [-0.15, -0.1) is 0 Å². The van der Waals surface area contributed by atoms with Gasteiger partial charge in [0, 0.05) is 18.8 Å². The van der Waals surface area contributed by atoms with E-state index in [-0.39, 0.29) is 0 Å². The van der Waals surface area contributed by atoms with E-state index in [4.69, 9.17) is 15.5 Å². The molecule has 0 aliphatic heterocycles. The number of hydrogen-bond donors (Lipinski definition) is 1. The number of imidazole rings is 1. The molecule has 6 nitrogen and oxygen atoms in total. The Morgan fingerprint density at radius 1 is 1.12 bits per heavy atom. The van der Waals surface area contributed by atoms with Gasteiger partial charge in [-0.05, 0) is 45.6 Å². The van der Waals surface area contributed by atoms with E-state index in [1.165, 1.54) is 0 Å². The first kappa shape index (κ1) is 21.0. The fourth-order valence-electron chi connectivity index (χ4n) is 3.03. The Hall–Kier alpha value is -1.31. The van der Waals surface area contributed by atoms with Crippen molar-refractivity contribution in [2.45, 2.75) is 66.5 Å². The number of aryl methyl sites for hydroxylation is 3. The van der Waals surface area contributed by atoms with Crippen LogP contribution >= 0.6 is 0 Å². The third-order valence-electron chi connectivity index (χ3n) is 4.64. The lowest BCUT2D eigenvalue weighted by Gasteiger charge is -2.13. The highest BCUT2D eigenvalue weighted by molar-refractivity contribution is 7.91. The lowest BCUT2D eigenvalue weighted by Crippen LogP contribution is -2.13. The number of ether oxygens (including phenoxy) is 1. The molecule has 1 unspecified atom stereocenters. The highest BCUT2D eigenvalue weighted by atomic mass is 32.2. The summed E-state index contributed by atoms with van der Waals surface area (Å²) in [7, 11) is 0. The standard InChI is InChI=1S/C19H32N4O2S/c1-5-7-11-26(24)12-9-8-10-23-16(13-25-6-2)22-17-18(23)14(3)15(4)21-19(17)20/h5-13H2,1-4H3,(H2,20,21). The van der Waals surface area contributed by atoms with Crippen LogP contribution in [0.3, 0.4) is 0 Å². The van der Waals surface area contributed by atoms with Gasteiger partial charge in [-0.2, -0.15) is 0 Å². The van der Waals surface area contributed by atoms with E-state index in [1.807, 2.05) is 13.8 Å². The SMILES string of the molecule is CCCC[S+]([O-])CCCCn1c(COCC)nc2c(N)nc(C)c(C)c21. The van der Waals surface area contributed by atoms with Crippen LogP contribution < -0.4 is 5.73 Å². The monoisotopic (exact) mass is 380 g/mol. The number of hydrogen-bond acceptors (Lipinski definition) is 5. The van der Waals surface area contributed by atoms with Crippen LogP contribution in [0.2, 0.25) is 0 Å². The van der Waals surface area contributed by atoms with E-state index in [1.54, 1.807) is 0 Å². The van der Waals surface area contributed by atoms with Crippen molar-refractivity contribution in [1.82, 2.24) is 14.5 Å². The zero-order valence-corrected chi connectivity index (χ0v) is 17.3. The Morgan fingerprint density at radius 3 is 2.54 bits per heavy atom. The van der Waals surface area contributed by atoms with Gasteiger partial charge in [-0.3, -0.25) is 0 Å². The van der Waals surface area contributed by atoms with Crippen LogP contribution in [0.1, 0.15) is 56.6 Å². The molecular formula is C19H32N4O2S. The molecule has 0 amide bonds. The second kappa shape index (κ2) is 10.1. The van der Waals surface area contributed by atoms with Crippen molar-refractivity contribution < 1.29 is 9.29 Å². The number of unbranched alkanes of at least 4 members (excludes halogenated alkanes) is 2. The van der Waals surface area contributed by atoms with Crippen LogP contribution in [0.25, 0.3) is 11.0 Å². The molecule has 7 heteroatoms. The summed E-state index contributed by atoms with van der Waals surface area (Å²) in [5, 5.41) is 0. The van der Waals surface area contributed by atoms with Crippen LogP contribution in [0.4, 0.5) is 5.82 Å². The van der Waals surface area contributed by atoms with Gasteiger partial charge < -0.3 is 19.6 Å². The normalized spacial score (nSPS) is 12.8. The maximum atomic E-state index is 12.0. The van der Waals surface area contributed by atoms with Gasteiger partial charge in [0.05, 0.1) is 5.52 Å². The fourth-order valence-corrected chi connectivity index (χ4v) is 4.37. The van der Waals surface area contributed by atoms with Gasteiger partial charge in [0.15, 0.2) is 5.82 Å². The number of fused-ring (bicyclic) bond motifs is 1. The molecule has 146 valence electrons. The molecule has 0 spiro atoms. The average Bonchev–Trinajstić information content (AvgIpc) is 2.99. The lowest BCUT2D eigenvalue weighted by molar-refractivity contribution is 0.126. The minimum atomic E-state index is -0.697. The zero-order valence-electron chi connectivity index (χ0n) is 16.5. The molecule has 2 aromatic heterocycles. The molecule has 0 aromatic carbocycles. The van der Waals surface area contributed by atoms with Crippen LogP contribution in [0, 0.1) is 13.8 Å². The molecule has 2 N–H and O–H groups in total. The molecule has 2 aromatic rings. The lowest BCUT2D eigenvalue weighted by atomic mass is 10.2. The summed E-state index contributed by atoms with van der Waals surface area (Å²) in [6, 6.07) is 0. The second-order valence-corrected chi connectivity index (χ2v) is 8.33. The first-order chi connectivity index (χ1) is 12.5. The molecule has 0 aliphatic carbocycles. The molecule has 0 bridgehead atoms. The molecule has 0 saturated carbocycles. The van der Waals surface area contributed by atoms with Crippen molar-refractivity contribution in [3.8, 4) is 0 Å². The topological polar surface area (TPSA) is 89.0 Å². The summed E-state index contributed by atoms with van der Waals surface area (Å²) in [4.78, 5) is 9.10. The maximum absolute atomic E-state index is 12.0. The smallest absolute Gasteiger partial charge is 0.151 e. The molecule has 26 heavy (non-hydrogen) atoms. The molecule has 2 rings (SSSR count). The van der Waals surface area contributed by atoms with Gasteiger partial charge in [0.2, 0.25) is 0 Å². The van der Waals surface area contributed by atoms with Gasteiger partial charge in [0.25, 0.3) is 0 Å². The number of nitrogen functional groups attached to an aromatic ring is 1. The van der Waals surface area contributed by atoms with Crippen molar-refractivity contribution in [3.63, 3.8) is 0 Å². The number of rotatable bonds is 11. The van der Waals surface area contributed by atoms with Crippen molar-refractivity contribution >= 4 is 28.0 Å². The summed E-state index contributed by atoms with van der Waals surface area (Å²) >= 11 is -0.697. The number of aromatic nitrogens is 3. The summed E-state index contributed by atoms with van der Waals surface area (Å²) in [5.41, 5.74) is 9.96. The van der Waals surface area contributed by atoms with E-state index in [9.17, 15) is 4.55 Å². The van der Waals surface area contributed by atoms with E-state index in [0.29, 0.717) is 19.0 Å². The van der Waals surface area contributed by atoms with Crippen molar-refractivity contribution in [2.24, 2.45) is 0 Å². The van der Waals surface area contributed by atoms with Crippen molar-refractivity contribution in [3.05, 3.63) is 17.1 Å². The van der Waals surface area contributed by atoms with Gasteiger partial charge in [-0.1, -0.05) is 24.5 Å². The Labute approximate surface area is 159 Å². The molecule has 2 heterocycles. The van der Waals surface area contributed by atoms with Gasteiger partial charge in [-0.25, -0.2) is 9.97 Å². The Bertz CT molecular complexity index is 717. The van der Waals surface area contributed by atoms with Crippen LogP contribution in [0.5, 0.6) is 0 Å². The maximum Gasteiger partial charge on any atom is 0.151 e. The first-order valence-corrected chi connectivity index (χ1v) is 11.0. The predicted octanol–water partition coefficient (Wildman–Crippen LogP) is 3.50. The highest BCUT2D eigenvalue weighted by Gasteiger charge is 2.17. The molecule has 0 saturated heterocycles. The largest absolute Gasteiger partial charge is 0.616 e. The first-order valence-electron chi connectivity index (χ1n) is 9.54. The highest BCUT2D eigenvalue weighted by Crippen LogP contribution is 2.26. The molecule has 0 aliphatic rings. The minimum Gasteiger partial charge on any atom is -0.616 e. The Kier molecular flexibility index (Phi) is 8.18. The van der Waals surface area contributed by atoms with Gasteiger partial charge in [0.1, 0.15) is 29.5 Å². The number of nitrogens with two attached hydrogens (primary N) is 1. The fraction of sp³-hybridized carbons (Fsp3) is 0.684. The van der Waals surface area contributed by atoms with E-state index < -0.39 is 11.2 Å². The van der Waals surface area contributed by atoms with Crippen molar-refractivity contribution in [1.29, 1.82) is 0 Å². The Morgan fingerprint density at radius 2 is 1.85 bits per heavy atom. The van der Waals surface area contributed by atoms with E-state index in [2.05, 4.69) is 23.4 Å². The minimum absolute atomic E-state index is 0.464. The predicted molar refractivity (Wildman–Crippen MR) is 109 cm³/mol. The van der Waals surface area contributed by atoms with E-state index >= 15 is 0 Å². The number of nitrogens with zero attached hydrogens (tertiary/aromatic N) is 3. The summed E-state index contributed by atoms with van der Waals surface area (Å²) in [6.07, 6.45) is 4.05. The quantitative estimate of drug-likeness (QED) is 0.476. The number of anilines is 1. The van der Waals surface area contributed by atoms with Crippen LogP contribution in [-0.2, 0) is 29.1 Å². The van der Waals surface area contributed by atoms with Crippen molar-refractivity contribution in [2.75, 3.05) is 23.8 Å². The second-order valence-electron chi connectivity index (χ2n) is 6.63. The summed E-state index contributed by atoms with van der Waals surface area (Å²) < 4.78 is 19.8. The van der Waals surface area contributed by atoms with Gasteiger partial charge >= 0.3 is 0 Å². The molecular weight excluding hydrogens is 348 g/mol. The van der Waals surface area contributed by atoms with E-state index in [0.717, 1.165) is 71.8 Å². The number of pyridine rings is 1. The zero-order chi connectivity index (χ0) is 19.1. The third-order valence-corrected chi connectivity index (χ3v) is 6.13. The molecule has 0 radical (unpaired) electrons. The van der Waals surface area contributed by atoms with Crippen LogP contribution in [0.15, 0.2) is 0 Å². The molecule has 1 atom stereocenters. The molecule has 0 fully saturated rings. The summed E-state index contributed by atoms with van der Waals surface area (Å²) in [6.45, 7) is 10.1. The Balaban J connectivity index is 2.15.